The monoisotopic (exact) mass is 280 g/mol. The molecule has 1 fully saturated rings. The largest absolute Gasteiger partial charge is 0.443 e. The first kappa shape index (κ1) is 14.4. The second-order valence-corrected chi connectivity index (χ2v) is 5.32. The van der Waals surface area contributed by atoms with E-state index < -0.39 is 6.04 Å². The fourth-order valence-corrected chi connectivity index (χ4v) is 1.96. The van der Waals surface area contributed by atoms with Gasteiger partial charge in [0.15, 0.2) is 5.89 Å². The lowest BCUT2D eigenvalue weighted by Crippen LogP contribution is -2.42. The SMILES string of the molecule is Cc1nc(C(C)C)oc1CNC(=O)[C@@H]1CN(C)C(=O)N1. The summed E-state index contributed by atoms with van der Waals surface area (Å²) in [4.78, 5) is 29.0. The zero-order chi connectivity index (χ0) is 14.9. The maximum absolute atomic E-state index is 11.9. The van der Waals surface area contributed by atoms with Crippen LogP contribution in [0.3, 0.4) is 0 Å². The van der Waals surface area contributed by atoms with Crippen LogP contribution in [0.15, 0.2) is 4.42 Å². The van der Waals surface area contributed by atoms with Crippen LogP contribution in [-0.2, 0) is 11.3 Å². The standard InChI is InChI=1S/C13H20N4O3/c1-7(2)12-15-8(3)10(20-12)5-14-11(18)9-6-17(4)13(19)16-9/h7,9H,5-6H2,1-4H3,(H,14,18)(H,16,19)/t9-/m0/s1. The quantitative estimate of drug-likeness (QED) is 0.851. The number of amides is 3. The maximum atomic E-state index is 11.9. The lowest BCUT2D eigenvalue weighted by molar-refractivity contribution is -0.122. The molecule has 1 aliphatic heterocycles. The summed E-state index contributed by atoms with van der Waals surface area (Å²) in [6.07, 6.45) is 0. The number of nitrogens with zero attached hydrogens (tertiary/aromatic N) is 2. The molecule has 0 saturated carbocycles. The van der Waals surface area contributed by atoms with Gasteiger partial charge in [-0.15, -0.1) is 0 Å². The summed E-state index contributed by atoms with van der Waals surface area (Å²) in [6.45, 7) is 6.49. The number of hydrogen-bond donors (Lipinski definition) is 2. The number of hydrogen-bond acceptors (Lipinski definition) is 4. The minimum absolute atomic E-state index is 0.209. The van der Waals surface area contributed by atoms with Crippen LogP contribution in [0.25, 0.3) is 0 Å². The van der Waals surface area contributed by atoms with Gasteiger partial charge in [0.1, 0.15) is 11.8 Å². The van der Waals surface area contributed by atoms with Gasteiger partial charge in [-0.3, -0.25) is 4.79 Å². The molecule has 1 aromatic heterocycles. The van der Waals surface area contributed by atoms with Crippen molar-refractivity contribution in [3.63, 3.8) is 0 Å². The molecule has 0 spiro atoms. The molecule has 1 aromatic rings. The third-order valence-electron chi connectivity index (χ3n) is 3.24. The van der Waals surface area contributed by atoms with E-state index in [-0.39, 0.29) is 24.4 Å². The highest BCUT2D eigenvalue weighted by Crippen LogP contribution is 2.17. The predicted molar refractivity (Wildman–Crippen MR) is 72.1 cm³/mol. The van der Waals surface area contributed by atoms with E-state index in [2.05, 4.69) is 15.6 Å². The highest BCUT2D eigenvalue weighted by molar-refractivity contribution is 5.90. The smallest absolute Gasteiger partial charge is 0.317 e. The first-order valence-electron chi connectivity index (χ1n) is 6.64. The van der Waals surface area contributed by atoms with Crippen molar-refractivity contribution < 1.29 is 14.0 Å². The first-order chi connectivity index (χ1) is 9.38. The Hall–Kier alpha value is -2.05. The van der Waals surface area contributed by atoms with Crippen molar-refractivity contribution in [3.05, 3.63) is 17.3 Å². The Morgan fingerprint density at radius 3 is 2.80 bits per heavy atom. The van der Waals surface area contributed by atoms with Crippen LogP contribution in [0.5, 0.6) is 0 Å². The zero-order valence-electron chi connectivity index (χ0n) is 12.2. The zero-order valence-corrected chi connectivity index (χ0v) is 12.2. The summed E-state index contributed by atoms with van der Waals surface area (Å²) in [5.41, 5.74) is 0.779. The van der Waals surface area contributed by atoms with E-state index in [0.29, 0.717) is 18.2 Å². The van der Waals surface area contributed by atoms with Crippen molar-refractivity contribution in [3.8, 4) is 0 Å². The molecule has 1 atom stereocenters. The molecular weight excluding hydrogens is 260 g/mol. The van der Waals surface area contributed by atoms with Crippen molar-refractivity contribution in [2.75, 3.05) is 13.6 Å². The van der Waals surface area contributed by atoms with Crippen molar-refractivity contribution in [2.45, 2.75) is 39.3 Å². The molecule has 3 amide bonds. The molecule has 0 radical (unpaired) electrons. The van der Waals surface area contributed by atoms with Gasteiger partial charge in [0, 0.05) is 13.0 Å². The summed E-state index contributed by atoms with van der Waals surface area (Å²) >= 11 is 0. The van der Waals surface area contributed by atoms with Crippen molar-refractivity contribution in [2.24, 2.45) is 0 Å². The average molecular weight is 280 g/mol. The van der Waals surface area contributed by atoms with E-state index in [1.54, 1.807) is 7.05 Å². The third kappa shape index (κ3) is 2.92. The Balaban J connectivity index is 1.92. The maximum Gasteiger partial charge on any atom is 0.317 e. The highest BCUT2D eigenvalue weighted by Gasteiger charge is 2.31. The van der Waals surface area contributed by atoms with Crippen LogP contribution < -0.4 is 10.6 Å². The van der Waals surface area contributed by atoms with Gasteiger partial charge in [-0.25, -0.2) is 9.78 Å². The number of carbonyl (C=O) groups excluding carboxylic acids is 2. The van der Waals surface area contributed by atoms with Crippen LogP contribution in [0.4, 0.5) is 4.79 Å². The summed E-state index contributed by atoms with van der Waals surface area (Å²) in [6, 6.07) is -0.747. The van der Waals surface area contributed by atoms with Crippen LogP contribution in [0.2, 0.25) is 0 Å². The van der Waals surface area contributed by atoms with Gasteiger partial charge in [0.2, 0.25) is 5.91 Å². The first-order valence-corrected chi connectivity index (χ1v) is 6.64. The molecule has 7 nitrogen and oxygen atoms in total. The topological polar surface area (TPSA) is 87.5 Å². The summed E-state index contributed by atoms with van der Waals surface area (Å²) < 4.78 is 5.61. The third-order valence-corrected chi connectivity index (χ3v) is 3.24. The minimum atomic E-state index is -0.514. The summed E-state index contributed by atoms with van der Waals surface area (Å²) in [7, 11) is 1.65. The number of aromatic nitrogens is 1. The van der Waals surface area contributed by atoms with Crippen LogP contribution in [0.1, 0.15) is 37.1 Å². The number of urea groups is 1. The van der Waals surface area contributed by atoms with Gasteiger partial charge in [0.25, 0.3) is 0 Å². The molecule has 2 heterocycles. The Morgan fingerprint density at radius 2 is 2.30 bits per heavy atom. The van der Waals surface area contributed by atoms with Gasteiger partial charge in [-0.2, -0.15) is 0 Å². The summed E-state index contributed by atoms with van der Waals surface area (Å²) in [5, 5.41) is 5.37. The molecule has 1 aliphatic rings. The van der Waals surface area contributed by atoms with E-state index in [4.69, 9.17) is 4.42 Å². The van der Waals surface area contributed by atoms with Gasteiger partial charge in [-0.1, -0.05) is 13.8 Å². The second-order valence-electron chi connectivity index (χ2n) is 5.32. The minimum Gasteiger partial charge on any atom is -0.443 e. The molecule has 0 aliphatic carbocycles. The number of likely N-dealkylation sites (N-methyl/N-ethyl adjacent to an activating group) is 1. The second kappa shape index (κ2) is 5.52. The molecular formula is C13H20N4O3. The lowest BCUT2D eigenvalue weighted by Gasteiger charge is -2.09. The number of nitrogens with one attached hydrogen (secondary N) is 2. The normalized spacial score (nSPS) is 18.6. The van der Waals surface area contributed by atoms with E-state index >= 15 is 0 Å². The van der Waals surface area contributed by atoms with Crippen LogP contribution >= 0.6 is 0 Å². The average Bonchev–Trinajstić information content (AvgIpc) is 2.91. The van der Waals surface area contributed by atoms with Gasteiger partial charge in [-0.05, 0) is 6.92 Å². The van der Waals surface area contributed by atoms with E-state index in [0.717, 1.165) is 5.69 Å². The van der Waals surface area contributed by atoms with E-state index in [9.17, 15) is 9.59 Å². The Kier molecular flexibility index (Phi) is 3.96. The Bertz CT molecular complexity index is 524. The number of carbonyl (C=O) groups is 2. The fraction of sp³-hybridized carbons (Fsp3) is 0.615. The van der Waals surface area contributed by atoms with E-state index in [1.807, 2.05) is 20.8 Å². The lowest BCUT2D eigenvalue weighted by atomic mass is 10.2. The number of aryl methyl sites for hydroxylation is 1. The molecule has 0 bridgehead atoms. The van der Waals surface area contributed by atoms with Gasteiger partial charge >= 0.3 is 6.03 Å². The molecule has 0 aromatic carbocycles. The van der Waals surface area contributed by atoms with E-state index in [1.165, 1.54) is 4.90 Å². The number of rotatable bonds is 4. The highest BCUT2D eigenvalue weighted by atomic mass is 16.4. The molecule has 2 N–H and O–H groups in total. The van der Waals surface area contributed by atoms with Crippen LogP contribution in [0, 0.1) is 6.92 Å². The van der Waals surface area contributed by atoms with Gasteiger partial charge < -0.3 is 20.0 Å². The van der Waals surface area contributed by atoms with Crippen molar-refractivity contribution >= 4 is 11.9 Å². The molecule has 110 valence electrons. The molecule has 1 saturated heterocycles. The Labute approximate surface area is 117 Å². The predicted octanol–water partition coefficient (Wildman–Crippen LogP) is 0.746. The fourth-order valence-electron chi connectivity index (χ4n) is 1.96. The van der Waals surface area contributed by atoms with Gasteiger partial charge in [0.05, 0.1) is 18.8 Å². The molecule has 0 unspecified atom stereocenters. The molecule has 20 heavy (non-hydrogen) atoms. The molecule has 2 rings (SSSR count). The molecule has 7 heteroatoms. The summed E-state index contributed by atoms with van der Waals surface area (Å²) in [5.74, 6) is 1.31. The Morgan fingerprint density at radius 1 is 1.60 bits per heavy atom. The van der Waals surface area contributed by atoms with Crippen LogP contribution in [-0.4, -0.2) is 41.5 Å². The van der Waals surface area contributed by atoms with Crippen molar-refractivity contribution in [1.29, 1.82) is 0 Å². The van der Waals surface area contributed by atoms with Crippen molar-refractivity contribution in [1.82, 2.24) is 20.5 Å². The number of oxazole rings is 1.